The van der Waals surface area contributed by atoms with Crippen molar-refractivity contribution in [1.82, 2.24) is 4.72 Å². The van der Waals surface area contributed by atoms with Gasteiger partial charge in [-0.1, -0.05) is 30.1 Å². The summed E-state index contributed by atoms with van der Waals surface area (Å²) in [7, 11) is -3.70. The third-order valence-corrected chi connectivity index (χ3v) is 6.31. The number of hydrogen-bond donors (Lipinski definition) is 2. The molecule has 3 N–H and O–H groups in total. The first kappa shape index (κ1) is 16.0. The standard InChI is InChI=1S/C13H18Cl2N2O2S/c1-2-13(4-3-5-13)17-20(18,19)11-7-10(14)6-9(8-16)12(11)15/h6-7,17H,2-5,8,16H2,1H3. The summed E-state index contributed by atoms with van der Waals surface area (Å²) < 4.78 is 27.9. The van der Waals surface area contributed by atoms with E-state index < -0.39 is 10.0 Å². The van der Waals surface area contributed by atoms with E-state index in [4.69, 9.17) is 28.9 Å². The van der Waals surface area contributed by atoms with Gasteiger partial charge in [0.15, 0.2) is 0 Å². The molecule has 1 aliphatic rings. The highest BCUT2D eigenvalue weighted by molar-refractivity contribution is 7.89. The number of nitrogens with one attached hydrogen (secondary N) is 1. The van der Waals surface area contributed by atoms with Gasteiger partial charge in [0, 0.05) is 17.1 Å². The summed E-state index contributed by atoms with van der Waals surface area (Å²) in [5.41, 5.74) is 5.75. The lowest BCUT2D eigenvalue weighted by atomic mass is 9.76. The molecule has 0 saturated heterocycles. The molecule has 0 bridgehead atoms. The van der Waals surface area contributed by atoms with Gasteiger partial charge in [-0.05, 0) is 43.4 Å². The summed E-state index contributed by atoms with van der Waals surface area (Å²) >= 11 is 12.1. The Labute approximate surface area is 129 Å². The minimum Gasteiger partial charge on any atom is -0.326 e. The fraction of sp³-hybridized carbons (Fsp3) is 0.538. The summed E-state index contributed by atoms with van der Waals surface area (Å²) in [5.74, 6) is 0. The topological polar surface area (TPSA) is 72.2 Å². The Morgan fingerprint density at radius 2 is 2.00 bits per heavy atom. The first-order valence-corrected chi connectivity index (χ1v) is 8.79. The molecule has 4 nitrogen and oxygen atoms in total. The quantitative estimate of drug-likeness (QED) is 0.867. The predicted molar refractivity (Wildman–Crippen MR) is 81.5 cm³/mol. The van der Waals surface area contributed by atoms with Crippen molar-refractivity contribution in [2.75, 3.05) is 0 Å². The van der Waals surface area contributed by atoms with Crippen LogP contribution >= 0.6 is 23.2 Å². The predicted octanol–water partition coefficient (Wildman–Crippen LogP) is 3.06. The van der Waals surface area contributed by atoms with E-state index in [0.29, 0.717) is 10.6 Å². The normalized spacial score (nSPS) is 17.8. The van der Waals surface area contributed by atoms with Gasteiger partial charge in [-0.25, -0.2) is 13.1 Å². The van der Waals surface area contributed by atoms with Gasteiger partial charge < -0.3 is 5.73 Å². The SMILES string of the molecule is CCC1(NS(=O)(=O)c2cc(Cl)cc(CN)c2Cl)CCC1. The number of benzene rings is 1. The van der Waals surface area contributed by atoms with Crippen molar-refractivity contribution in [3.05, 3.63) is 27.7 Å². The highest BCUT2D eigenvalue weighted by Gasteiger charge is 2.39. The zero-order chi connectivity index (χ0) is 15.0. The van der Waals surface area contributed by atoms with Gasteiger partial charge in [-0.3, -0.25) is 0 Å². The van der Waals surface area contributed by atoms with Crippen LogP contribution in [0.5, 0.6) is 0 Å². The lowest BCUT2D eigenvalue weighted by Crippen LogP contribution is -2.52. The molecular formula is C13H18Cl2N2O2S. The molecule has 0 spiro atoms. The number of halogens is 2. The molecule has 0 amide bonds. The first-order valence-electron chi connectivity index (χ1n) is 6.55. The maximum Gasteiger partial charge on any atom is 0.242 e. The fourth-order valence-electron chi connectivity index (χ4n) is 2.43. The fourth-order valence-corrected chi connectivity index (χ4v) is 4.91. The Hall–Kier alpha value is -0.330. The third-order valence-electron chi connectivity index (χ3n) is 3.93. The Morgan fingerprint density at radius 1 is 1.35 bits per heavy atom. The third kappa shape index (κ3) is 2.97. The minimum absolute atomic E-state index is 0.00633. The summed E-state index contributed by atoms with van der Waals surface area (Å²) in [6.45, 7) is 2.12. The maximum atomic E-state index is 12.5. The van der Waals surface area contributed by atoms with Crippen molar-refractivity contribution in [2.24, 2.45) is 5.73 Å². The van der Waals surface area contributed by atoms with Gasteiger partial charge in [-0.2, -0.15) is 0 Å². The second-order valence-electron chi connectivity index (χ2n) is 5.17. The molecule has 20 heavy (non-hydrogen) atoms. The molecule has 0 atom stereocenters. The van der Waals surface area contributed by atoms with Crippen LogP contribution in [0, 0.1) is 0 Å². The van der Waals surface area contributed by atoms with Crippen LogP contribution in [-0.4, -0.2) is 14.0 Å². The number of rotatable bonds is 5. The number of hydrogen-bond acceptors (Lipinski definition) is 3. The van der Waals surface area contributed by atoms with Crippen LogP contribution in [0.1, 0.15) is 38.2 Å². The molecule has 1 aliphatic carbocycles. The van der Waals surface area contributed by atoms with E-state index in [1.165, 1.54) is 6.07 Å². The van der Waals surface area contributed by atoms with Crippen LogP contribution < -0.4 is 10.5 Å². The van der Waals surface area contributed by atoms with Crippen molar-refractivity contribution >= 4 is 33.2 Å². The van der Waals surface area contributed by atoms with E-state index in [9.17, 15) is 8.42 Å². The monoisotopic (exact) mass is 336 g/mol. The van der Waals surface area contributed by atoms with E-state index in [2.05, 4.69) is 4.72 Å². The molecule has 0 aromatic heterocycles. The second-order valence-corrected chi connectivity index (χ2v) is 7.64. The number of nitrogens with two attached hydrogens (primary N) is 1. The molecule has 0 radical (unpaired) electrons. The summed E-state index contributed by atoms with van der Waals surface area (Å²) in [4.78, 5) is 0.00633. The summed E-state index contributed by atoms with van der Waals surface area (Å²) in [6, 6.07) is 2.95. The van der Waals surface area contributed by atoms with Gasteiger partial charge in [0.25, 0.3) is 0 Å². The van der Waals surface area contributed by atoms with Crippen molar-refractivity contribution in [1.29, 1.82) is 0 Å². The van der Waals surface area contributed by atoms with Crippen molar-refractivity contribution in [3.63, 3.8) is 0 Å². The Bertz CT molecular complexity index is 608. The highest BCUT2D eigenvalue weighted by atomic mass is 35.5. The van der Waals surface area contributed by atoms with E-state index in [1.54, 1.807) is 6.07 Å². The van der Waals surface area contributed by atoms with Crippen LogP contribution in [0.2, 0.25) is 10.0 Å². The largest absolute Gasteiger partial charge is 0.326 e. The molecule has 2 rings (SSSR count). The van der Waals surface area contributed by atoms with Crippen LogP contribution in [0.25, 0.3) is 0 Å². The molecule has 0 aliphatic heterocycles. The molecule has 0 heterocycles. The highest BCUT2D eigenvalue weighted by Crippen LogP contribution is 2.37. The summed E-state index contributed by atoms with van der Waals surface area (Å²) in [6.07, 6.45) is 3.50. The molecule has 1 aromatic rings. The van der Waals surface area contributed by atoms with Crippen LogP contribution in [-0.2, 0) is 16.6 Å². The average molecular weight is 337 g/mol. The zero-order valence-corrected chi connectivity index (χ0v) is 13.6. The van der Waals surface area contributed by atoms with Gasteiger partial charge in [-0.15, -0.1) is 0 Å². The first-order chi connectivity index (χ1) is 9.33. The van der Waals surface area contributed by atoms with Crippen molar-refractivity contribution < 1.29 is 8.42 Å². The van der Waals surface area contributed by atoms with E-state index in [1.807, 2.05) is 6.92 Å². The molecule has 112 valence electrons. The Balaban J connectivity index is 2.42. The summed E-state index contributed by atoms with van der Waals surface area (Å²) in [5, 5.41) is 0.462. The van der Waals surface area contributed by atoms with E-state index >= 15 is 0 Å². The van der Waals surface area contributed by atoms with Crippen molar-refractivity contribution in [3.8, 4) is 0 Å². The van der Waals surface area contributed by atoms with E-state index in [0.717, 1.165) is 25.7 Å². The van der Waals surface area contributed by atoms with Crippen LogP contribution in [0.3, 0.4) is 0 Å². The zero-order valence-electron chi connectivity index (χ0n) is 11.2. The van der Waals surface area contributed by atoms with Gasteiger partial charge in [0.05, 0.1) is 5.02 Å². The minimum atomic E-state index is -3.70. The Kier molecular flexibility index (Phi) is 4.66. The second kappa shape index (κ2) is 5.81. The van der Waals surface area contributed by atoms with Crippen LogP contribution in [0.15, 0.2) is 17.0 Å². The maximum absolute atomic E-state index is 12.5. The number of sulfonamides is 1. The van der Waals surface area contributed by atoms with E-state index in [-0.39, 0.29) is 22.0 Å². The lowest BCUT2D eigenvalue weighted by Gasteiger charge is -2.41. The average Bonchev–Trinajstić information content (AvgIpc) is 2.36. The van der Waals surface area contributed by atoms with Crippen molar-refractivity contribution in [2.45, 2.75) is 49.6 Å². The molecule has 1 fully saturated rings. The van der Waals surface area contributed by atoms with Gasteiger partial charge in [0.2, 0.25) is 10.0 Å². The van der Waals surface area contributed by atoms with Crippen LogP contribution in [0.4, 0.5) is 0 Å². The molecule has 1 saturated carbocycles. The van der Waals surface area contributed by atoms with Gasteiger partial charge >= 0.3 is 0 Å². The molecule has 1 aromatic carbocycles. The smallest absolute Gasteiger partial charge is 0.242 e. The molecule has 0 unspecified atom stereocenters. The lowest BCUT2D eigenvalue weighted by molar-refractivity contribution is 0.214. The van der Waals surface area contributed by atoms with Gasteiger partial charge in [0.1, 0.15) is 4.90 Å². The molecular weight excluding hydrogens is 319 g/mol. The molecule has 7 heteroatoms. The Morgan fingerprint density at radius 3 is 2.45 bits per heavy atom.